The first-order valence-electron chi connectivity index (χ1n) is 9.85. The third-order valence-corrected chi connectivity index (χ3v) is 5.22. The summed E-state index contributed by atoms with van der Waals surface area (Å²) >= 11 is 0. The number of rotatable bonds is 5. The normalized spacial score (nSPS) is 11.1. The van der Waals surface area contributed by atoms with Crippen LogP contribution in [0.15, 0.2) is 54.7 Å². The number of nitrogens with zero attached hydrogens (tertiary/aromatic N) is 3. The van der Waals surface area contributed by atoms with Crippen molar-refractivity contribution in [2.75, 3.05) is 6.54 Å². The SMILES string of the molecule is Cc1ccc(-c2cc(C(=O)NCCc3ccc(F)cc3)c3cnn(C)c3n2)c(C)c1. The monoisotopic (exact) mass is 402 g/mol. The van der Waals surface area contributed by atoms with E-state index in [1.165, 1.54) is 17.7 Å². The number of fused-ring (bicyclic) bond motifs is 1. The molecule has 0 bridgehead atoms. The lowest BCUT2D eigenvalue weighted by atomic mass is 10.0. The molecule has 5 nitrogen and oxygen atoms in total. The Bertz CT molecular complexity index is 1230. The number of pyridine rings is 1. The standard InChI is InChI=1S/C24H23FN4O/c1-15-4-9-19(16(2)12-15)22-13-20(21-14-27-29(3)23(21)28-22)24(30)26-11-10-17-5-7-18(25)8-6-17/h4-9,12-14H,10-11H2,1-3H3,(H,26,30). The van der Waals surface area contributed by atoms with E-state index in [1.807, 2.05) is 32.2 Å². The maximum Gasteiger partial charge on any atom is 0.252 e. The van der Waals surface area contributed by atoms with Gasteiger partial charge in [0.1, 0.15) is 5.82 Å². The van der Waals surface area contributed by atoms with Crippen LogP contribution in [0.4, 0.5) is 4.39 Å². The lowest BCUT2D eigenvalue weighted by molar-refractivity contribution is 0.0955. The Morgan fingerprint density at radius 2 is 1.87 bits per heavy atom. The molecule has 152 valence electrons. The van der Waals surface area contributed by atoms with E-state index < -0.39 is 0 Å². The van der Waals surface area contributed by atoms with Crippen molar-refractivity contribution in [2.24, 2.45) is 7.05 Å². The Morgan fingerprint density at radius 1 is 1.10 bits per heavy atom. The highest BCUT2D eigenvalue weighted by atomic mass is 19.1. The number of hydrogen-bond acceptors (Lipinski definition) is 3. The van der Waals surface area contributed by atoms with E-state index in [-0.39, 0.29) is 11.7 Å². The molecule has 0 aliphatic rings. The second kappa shape index (κ2) is 8.06. The van der Waals surface area contributed by atoms with Crippen molar-refractivity contribution in [1.29, 1.82) is 0 Å². The number of aromatic nitrogens is 3. The zero-order valence-corrected chi connectivity index (χ0v) is 17.2. The molecule has 6 heteroatoms. The van der Waals surface area contributed by atoms with Crippen LogP contribution in [0.5, 0.6) is 0 Å². The van der Waals surface area contributed by atoms with Crippen LogP contribution in [-0.2, 0) is 13.5 Å². The van der Waals surface area contributed by atoms with Gasteiger partial charge in [-0.05, 0) is 49.6 Å². The van der Waals surface area contributed by atoms with E-state index in [4.69, 9.17) is 4.98 Å². The summed E-state index contributed by atoms with van der Waals surface area (Å²) in [4.78, 5) is 17.8. The smallest absolute Gasteiger partial charge is 0.252 e. The van der Waals surface area contributed by atoms with Crippen LogP contribution in [-0.4, -0.2) is 27.2 Å². The number of carbonyl (C=O) groups is 1. The molecule has 0 unspecified atom stereocenters. The van der Waals surface area contributed by atoms with Gasteiger partial charge in [-0.25, -0.2) is 9.37 Å². The largest absolute Gasteiger partial charge is 0.352 e. The van der Waals surface area contributed by atoms with Crippen LogP contribution in [0.25, 0.3) is 22.3 Å². The predicted octanol–water partition coefficient (Wildman–Crippen LogP) is 4.36. The van der Waals surface area contributed by atoms with Crippen molar-refractivity contribution in [3.05, 3.63) is 82.8 Å². The van der Waals surface area contributed by atoms with Gasteiger partial charge in [0.15, 0.2) is 5.65 Å². The first kappa shape index (κ1) is 19.8. The fraction of sp³-hybridized carbons (Fsp3) is 0.208. The average Bonchev–Trinajstić information content (AvgIpc) is 3.09. The topological polar surface area (TPSA) is 59.8 Å². The molecule has 0 radical (unpaired) electrons. The van der Waals surface area contributed by atoms with Gasteiger partial charge in [0, 0.05) is 19.2 Å². The second-order valence-corrected chi connectivity index (χ2v) is 7.51. The summed E-state index contributed by atoms with van der Waals surface area (Å²) in [5.74, 6) is -0.444. The Balaban J connectivity index is 1.63. The fourth-order valence-corrected chi connectivity index (χ4v) is 3.61. The van der Waals surface area contributed by atoms with Crippen LogP contribution >= 0.6 is 0 Å². The van der Waals surface area contributed by atoms with Crippen molar-refractivity contribution >= 4 is 16.9 Å². The molecule has 30 heavy (non-hydrogen) atoms. The van der Waals surface area contributed by atoms with Gasteiger partial charge in [0.05, 0.1) is 22.8 Å². The van der Waals surface area contributed by atoms with Crippen molar-refractivity contribution in [3.8, 4) is 11.3 Å². The van der Waals surface area contributed by atoms with Crippen LogP contribution < -0.4 is 5.32 Å². The van der Waals surface area contributed by atoms with Gasteiger partial charge < -0.3 is 5.32 Å². The highest BCUT2D eigenvalue weighted by molar-refractivity contribution is 6.06. The summed E-state index contributed by atoms with van der Waals surface area (Å²) in [5, 5.41) is 7.97. The number of aryl methyl sites for hydroxylation is 3. The Morgan fingerprint density at radius 3 is 2.60 bits per heavy atom. The minimum absolute atomic E-state index is 0.177. The molecule has 2 aromatic heterocycles. The maximum atomic E-state index is 13.1. The summed E-state index contributed by atoms with van der Waals surface area (Å²) < 4.78 is 14.7. The van der Waals surface area contributed by atoms with E-state index in [0.717, 1.165) is 22.4 Å². The molecule has 0 aliphatic heterocycles. The molecule has 0 atom stereocenters. The maximum absolute atomic E-state index is 13.1. The van der Waals surface area contributed by atoms with Crippen molar-refractivity contribution in [2.45, 2.75) is 20.3 Å². The number of carbonyl (C=O) groups excluding carboxylic acids is 1. The van der Waals surface area contributed by atoms with Gasteiger partial charge in [0.25, 0.3) is 5.91 Å². The quantitative estimate of drug-likeness (QED) is 0.539. The second-order valence-electron chi connectivity index (χ2n) is 7.51. The van der Waals surface area contributed by atoms with Gasteiger partial charge in [-0.2, -0.15) is 5.10 Å². The Hall–Kier alpha value is -3.54. The van der Waals surface area contributed by atoms with E-state index in [2.05, 4.69) is 23.4 Å². The minimum atomic E-state index is -0.266. The number of benzene rings is 2. The average molecular weight is 402 g/mol. The van der Waals surface area contributed by atoms with Crippen molar-refractivity contribution in [3.63, 3.8) is 0 Å². The molecule has 4 aromatic rings. The third kappa shape index (κ3) is 3.94. The molecule has 0 saturated carbocycles. The lowest BCUT2D eigenvalue weighted by Crippen LogP contribution is -2.26. The summed E-state index contributed by atoms with van der Waals surface area (Å²) in [6, 6.07) is 14.3. The molecule has 4 rings (SSSR count). The fourth-order valence-electron chi connectivity index (χ4n) is 3.61. The third-order valence-electron chi connectivity index (χ3n) is 5.22. The summed E-state index contributed by atoms with van der Waals surface area (Å²) in [7, 11) is 1.82. The molecule has 0 spiro atoms. The molecular weight excluding hydrogens is 379 g/mol. The van der Waals surface area contributed by atoms with Crippen molar-refractivity contribution in [1.82, 2.24) is 20.1 Å². The lowest BCUT2D eigenvalue weighted by Gasteiger charge is -2.11. The molecule has 1 N–H and O–H groups in total. The van der Waals surface area contributed by atoms with Crippen LogP contribution in [0, 0.1) is 19.7 Å². The highest BCUT2D eigenvalue weighted by Crippen LogP contribution is 2.27. The van der Waals surface area contributed by atoms with Gasteiger partial charge in [-0.15, -0.1) is 0 Å². The number of nitrogens with one attached hydrogen (secondary N) is 1. The Labute approximate surface area is 174 Å². The molecule has 2 heterocycles. The molecule has 0 saturated heterocycles. The van der Waals surface area contributed by atoms with E-state index in [1.54, 1.807) is 23.0 Å². The van der Waals surface area contributed by atoms with Gasteiger partial charge in [-0.1, -0.05) is 35.9 Å². The Kier molecular flexibility index (Phi) is 5.31. The first-order chi connectivity index (χ1) is 14.4. The summed E-state index contributed by atoms with van der Waals surface area (Å²) in [5.41, 5.74) is 6.19. The molecule has 2 aromatic carbocycles. The van der Waals surface area contributed by atoms with E-state index in [9.17, 15) is 9.18 Å². The summed E-state index contributed by atoms with van der Waals surface area (Å²) in [6.45, 7) is 4.54. The first-order valence-corrected chi connectivity index (χ1v) is 9.85. The van der Waals surface area contributed by atoms with Gasteiger partial charge in [-0.3, -0.25) is 9.48 Å². The zero-order valence-electron chi connectivity index (χ0n) is 17.2. The minimum Gasteiger partial charge on any atom is -0.352 e. The number of amides is 1. The predicted molar refractivity (Wildman–Crippen MR) is 116 cm³/mol. The molecule has 0 aliphatic carbocycles. The molecule has 0 fully saturated rings. The van der Waals surface area contributed by atoms with Crippen LogP contribution in [0.2, 0.25) is 0 Å². The van der Waals surface area contributed by atoms with E-state index >= 15 is 0 Å². The van der Waals surface area contributed by atoms with Gasteiger partial charge >= 0.3 is 0 Å². The zero-order chi connectivity index (χ0) is 21.3. The van der Waals surface area contributed by atoms with Crippen LogP contribution in [0.3, 0.4) is 0 Å². The molecule has 1 amide bonds. The van der Waals surface area contributed by atoms with Crippen molar-refractivity contribution < 1.29 is 9.18 Å². The van der Waals surface area contributed by atoms with Crippen LogP contribution in [0.1, 0.15) is 27.0 Å². The van der Waals surface area contributed by atoms with E-state index in [0.29, 0.717) is 29.6 Å². The molecular formula is C24H23FN4O. The highest BCUT2D eigenvalue weighted by Gasteiger charge is 2.17. The number of halogens is 1. The number of hydrogen-bond donors (Lipinski definition) is 1. The summed E-state index contributed by atoms with van der Waals surface area (Å²) in [6.07, 6.45) is 2.29. The van der Waals surface area contributed by atoms with Gasteiger partial charge in [0.2, 0.25) is 0 Å².